The topological polar surface area (TPSA) is 49.9 Å². The molecule has 0 atom stereocenters. The first-order valence-electron chi connectivity index (χ1n) is 23.1. The molecule has 310 valence electrons. The minimum Gasteiger partial charge on any atom is -0.466 e. The van der Waals surface area contributed by atoms with Crippen molar-refractivity contribution in [3.05, 3.63) is 0 Å². The fourth-order valence-electron chi connectivity index (χ4n) is 7.08. The first kappa shape index (κ1) is 51.4. The van der Waals surface area contributed by atoms with Gasteiger partial charge in [0.25, 0.3) is 0 Å². The Bertz CT molecular complexity index is 733. The number of thioether (sulfide) groups is 1. The Hall–Kier alpha value is -0.590. The third kappa shape index (κ3) is 39.1. The van der Waals surface area contributed by atoms with Crippen LogP contribution in [0, 0.1) is 0 Å². The number of esters is 1. The highest BCUT2D eigenvalue weighted by Gasteiger charge is 2.15. The fraction of sp³-hybridized carbons (Fsp3) is 0.957. The molecule has 0 spiro atoms. The van der Waals surface area contributed by atoms with Crippen molar-refractivity contribution in [2.45, 2.75) is 238 Å². The maximum absolute atomic E-state index is 12.9. The number of hydrogen-bond acceptors (Lipinski definition) is 6. The number of rotatable bonds is 42. The Kier molecular flexibility index (Phi) is 41.1. The zero-order valence-electron chi connectivity index (χ0n) is 36.0. The number of ether oxygens (including phenoxy) is 1. The van der Waals surface area contributed by atoms with Crippen LogP contribution in [0.1, 0.15) is 233 Å². The van der Waals surface area contributed by atoms with Crippen LogP contribution in [0.15, 0.2) is 0 Å². The van der Waals surface area contributed by atoms with E-state index in [0.717, 1.165) is 51.6 Å². The second-order valence-corrected chi connectivity index (χ2v) is 17.6. The lowest BCUT2D eigenvalue weighted by Gasteiger charge is -2.24. The van der Waals surface area contributed by atoms with E-state index in [2.05, 4.69) is 44.7 Å². The van der Waals surface area contributed by atoms with Crippen LogP contribution in [0.5, 0.6) is 0 Å². The number of hydrogen-bond donors (Lipinski definition) is 0. The summed E-state index contributed by atoms with van der Waals surface area (Å²) < 4.78 is 5.47. The molecule has 6 heteroatoms. The summed E-state index contributed by atoms with van der Waals surface area (Å²) in [6, 6.07) is 0. The summed E-state index contributed by atoms with van der Waals surface area (Å²) in [4.78, 5) is 29.9. The van der Waals surface area contributed by atoms with E-state index in [0.29, 0.717) is 23.4 Å². The summed E-state index contributed by atoms with van der Waals surface area (Å²) in [6.07, 6.45) is 40.5. The lowest BCUT2D eigenvalue weighted by Crippen LogP contribution is -2.33. The van der Waals surface area contributed by atoms with Gasteiger partial charge in [-0.05, 0) is 72.1 Å². The summed E-state index contributed by atoms with van der Waals surface area (Å²) in [5.41, 5.74) is 0. The summed E-state index contributed by atoms with van der Waals surface area (Å²) in [5, 5.41) is 1.00. The van der Waals surface area contributed by atoms with Crippen molar-refractivity contribution in [1.82, 2.24) is 9.80 Å². The Morgan fingerprint density at radius 2 is 0.865 bits per heavy atom. The van der Waals surface area contributed by atoms with Gasteiger partial charge in [-0.15, -0.1) is 0 Å². The molecule has 0 amide bonds. The number of carbonyl (C=O) groups is 2. The van der Waals surface area contributed by atoms with Crippen molar-refractivity contribution in [3.8, 4) is 0 Å². The Balaban J connectivity index is 4.10. The highest BCUT2D eigenvalue weighted by molar-refractivity contribution is 8.14. The molecule has 0 aliphatic heterocycles. The third-order valence-electron chi connectivity index (χ3n) is 10.6. The molecular formula is C46H92N2O3S. The van der Waals surface area contributed by atoms with E-state index < -0.39 is 0 Å². The molecule has 0 aromatic rings. The summed E-state index contributed by atoms with van der Waals surface area (Å²) in [7, 11) is 4.34. The minimum atomic E-state index is -0.00103. The van der Waals surface area contributed by atoms with E-state index in [9.17, 15) is 9.59 Å². The van der Waals surface area contributed by atoms with Crippen molar-refractivity contribution < 1.29 is 14.3 Å². The molecule has 0 heterocycles. The maximum Gasteiger partial charge on any atom is 0.305 e. The smallest absolute Gasteiger partial charge is 0.305 e. The van der Waals surface area contributed by atoms with Gasteiger partial charge in [-0.2, -0.15) is 0 Å². The van der Waals surface area contributed by atoms with E-state index in [-0.39, 0.29) is 5.97 Å². The Morgan fingerprint density at radius 3 is 1.35 bits per heavy atom. The first-order valence-corrected chi connectivity index (χ1v) is 24.0. The molecule has 0 N–H and O–H groups in total. The predicted molar refractivity (Wildman–Crippen MR) is 232 cm³/mol. The average Bonchev–Trinajstić information content (AvgIpc) is 3.13. The third-order valence-corrected chi connectivity index (χ3v) is 11.9. The monoisotopic (exact) mass is 753 g/mol. The van der Waals surface area contributed by atoms with Crippen molar-refractivity contribution in [2.24, 2.45) is 0 Å². The zero-order valence-corrected chi connectivity index (χ0v) is 36.8. The molecule has 0 aliphatic rings. The second kappa shape index (κ2) is 41.6. The van der Waals surface area contributed by atoms with Gasteiger partial charge < -0.3 is 14.5 Å². The SMILES string of the molecule is CCCCCCCCCC(=O)OCCCCCCCN(CCCCCCCC(=O)SC(CCCCCCCC)CCCCCCCC)CCN(C)C. The van der Waals surface area contributed by atoms with Crippen molar-refractivity contribution in [2.75, 3.05) is 46.9 Å². The van der Waals surface area contributed by atoms with Crippen LogP contribution in [0.3, 0.4) is 0 Å². The highest BCUT2D eigenvalue weighted by Crippen LogP contribution is 2.27. The van der Waals surface area contributed by atoms with Crippen LogP contribution >= 0.6 is 11.8 Å². The maximum atomic E-state index is 12.9. The number of nitrogens with zero attached hydrogens (tertiary/aromatic N) is 2. The molecule has 0 aliphatic carbocycles. The van der Waals surface area contributed by atoms with Crippen LogP contribution in [-0.4, -0.2) is 73.0 Å². The van der Waals surface area contributed by atoms with Gasteiger partial charge in [-0.3, -0.25) is 9.59 Å². The highest BCUT2D eigenvalue weighted by atomic mass is 32.2. The predicted octanol–water partition coefficient (Wildman–Crippen LogP) is 14.0. The summed E-state index contributed by atoms with van der Waals surface area (Å²) in [6.45, 7) is 12.0. The van der Waals surface area contributed by atoms with Gasteiger partial charge >= 0.3 is 5.97 Å². The normalized spacial score (nSPS) is 11.8. The van der Waals surface area contributed by atoms with Crippen LogP contribution in [0.2, 0.25) is 0 Å². The van der Waals surface area contributed by atoms with E-state index in [1.54, 1.807) is 11.8 Å². The Labute approximate surface area is 330 Å². The van der Waals surface area contributed by atoms with E-state index in [4.69, 9.17) is 4.74 Å². The van der Waals surface area contributed by atoms with Crippen molar-refractivity contribution in [1.29, 1.82) is 0 Å². The van der Waals surface area contributed by atoms with Gasteiger partial charge in [0, 0.05) is 31.2 Å². The van der Waals surface area contributed by atoms with Gasteiger partial charge in [-0.25, -0.2) is 0 Å². The molecular weight excluding hydrogens is 661 g/mol. The Morgan fingerprint density at radius 1 is 0.462 bits per heavy atom. The lowest BCUT2D eigenvalue weighted by atomic mass is 10.0. The molecule has 0 bridgehead atoms. The molecule has 0 fully saturated rings. The molecule has 5 nitrogen and oxygen atoms in total. The molecule has 0 aromatic heterocycles. The zero-order chi connectivity index (χ0) is 38.2. The van der Waals surface area contributed by atoms with Crippen LogP contribution in [0.25, 0.3) is 0 Å². The quantitative estimate of drug-likeness (QED) is 0.0457. The van der Waals surface area contributed by atoms with E-state index >= 15 is 0 Å². The number of carbonyl (C=O) groups excluding carboxylic acids is 2. The fourth-order valence-corrected chi connectivity index (χ4v) is 8.28. The standard InChI is InChI=1S/C46H92N2O3S/c1-6-9-12-15-18-23-30-37-45(49)51-43-34-27-20-26-33-40-48(42-41-47(4)5)39-32-25-19-24-31-38-46(50)52-44(35-28-21-16-13-10-7-2)36-29-22-17-14-11-8-3/h44H,6-43H2,1-5H3. The number of unbranched alkanes of at least 4 members (excludes halogenated alkanes) is 24. The largest absolute Gasteiger partial charge is 0.466 e. The van der Waals surface area contributed by atoms with Gasteiger partial charge in [0.1, 0.15) is 0 Å². The average molecular weight is 753 g/mol. The van der Waals surface area contributed by atoms with Crippen LogP contribution in [0.4, 0.5) is 0 Å². The second-order valence-electron chi connectivity index (χ2n) is 16.2. The molecule has 0 aromatic carbocycles. The summed E-state index contributed by atoms with van der Waals surface area (Å²) in [5.74, 6) is -0.00103. The van der Waals surface area contributed by atoms with Gasteiger partial charge in [0.15, 0.2) is 5.12 Å². The van der Waals surface area contributed by atoms with Crippen LogP contribution < -0.4 is 0 Å². The van der Waals surface area contributed by atoms with Crippen LogP contribution in [-0.2, 0) is 14.3 Å². The number of likely N-dealkylation sites (N-methyl/N-ethyl adjacent to an activating group) is 1. The molecule has 0 rings (SSSR count). The molecule has 0 saturated carbocycles. The van der Waals surface area contributed by atoms with Gasteiger partial charge in [0.2, 0.25) is 0 Å². The molecule has 52 heavy (non-hydrogen) atoms. The lowest BCUT2D eigenvalue weighted by molar-refractivity contribution is -0.143. The van der Waals surface area contributed by atoms with E-state index in [1.165, 1.54) is 180 Å². The van der Waals surface area contributed by atoms with Crippen molar-refractivity contribution in [3.63, 3.8) is 0 Å². The van der Waals surface area contributed by atoms with Gasteiger partial charge in [-0.1, -0.05) is 187 Å². The van der Waals surface area contributed by atoms with Crippen molar-refractivity contribution >= 4 is 22.8 Å². The minimum absolute atomic E-state index is 0.00103. The molecule has 0 unspecified atom stereocenters. The molecule has 0 radical (unpaired) electrons. The summed E-state index contributed by atoms with van der Waals surface area (Å²) >= 11 is 1.71. The first-order chi connectivity index (χ1) is 25.4. The van der Waals surface area contributed by atoms with E-state index in [1.807, 2.05) is 0 Å². The molecule has 0 saturated heterocycles. The van der Waals surface area contributed by atoms with Gasteiger partial charge in [0.05, 0.1) is 6.61 Å².